The van der Waals surface area contributed by atoms with Crippen molar-refractivity contribution in [3.63, 3.8) is 0 Å². The molecule has 1 radical (unpaired) electrons. The standard InChI is InChI=1S/C10H6B/c1-3-7-4-2-6-9-10(7)8(5-1)11-9/h1-6H. The summed E-state index contributed by atoms with van der Waals surface area (Å²) in [4.78, 5) is 0. The Kier molecular flexibility index (Phi) is 0.825. The summed E-state index contributed by atoms with van der Waals surface area (Å²) >= 11 is 0. The molecule has 11 heavy (non-hydrogen) atoms. The summed E-state index contributed by atoms with van der Waals surface area (Å²) in [7, 11) is 2.22. The Morgan fingerprint density at radius 1 is 0.818 bits per heavy atom. The van der Waals surface area contributed by atoms with Gasteiger partial charge in [0, 0.05) is 0 Å². The second-order valence-corrected chi connectivity index (χ2v) is 2.94. The largest absolute Gasteiger partial charge is 0.192 e. The molecule has 0 aromatic heterocycles. The molecule has 1 heteroatoms. The van der Waals surface area contributed by atoms with Gasteiger partial charge < -0.3 is 0 Å². The fraction of sp³-hybridized carbons (Fsp3) is 0. The third-order valence-electron chi connectivity index (χ3n) is 2.28. The van der Waals surface area contributed by atoms with Crippen LogP contribution >= 0.6 is 0 Å². The molecule has 0 unspecified atom stereocenters. The van der Waals surface area contributed by atoms with E-state index in [0.29, 0.717) is 0 Å². The van der Waals surface area contributed by atoms with Gasteiger partial charge in [0.1, 0.15) is 0 Å². The third kappa shape index (κ3) is 0.560. The first-order valence-electron chi connectivity index (χ1n) is 3.82. The molecule has 49 valence electrons. The molecule has 0 amide bonds. The van der Waals surface area contributed by atoms with E-state index in [1.807, 2.05) is 0 Å². The van der Waals surface area contributed by atoms with Gasteiger partial charge in [-0.25, -0.2) is 0 Å². The molecule has 0 saturated carbocycles. The zero-order valence-electron chi connectivity index (χ0n) is 6.04. The highest BCUT2D eigenvalue weighted by molar-refractivity contribution is 6.80. The zero-order valence-corrected chi connectivity index (χ0v) is 6.04. The van der Waals surface area contributed by atoms with Gasteiger partial charge in [-0.2, -0.15) is 0 Å². The zero-order chi connectivity index (χ0) is 7.26. The highest BCUT2D eigenvalue weighted by atomic mass is 14.1. The Morgan fingerprint density at radius 3 is 2.00 bits per heavy atom. The van der Waals surface area contributed by atoms with Crippen molar-refractivity contribution in [2.45, 2.75) is 0 Å². The van der Waals surface area contributed by atoms with E-state index in [4.69, 9.17) is 0 Å². The molecule has 0 bridgehead atoms. The van der Waals surface area contributed by atoms with E-state index in [0.717, 1.165) is 0 Å². The van der Waals surface area contributed by atoms with Gasteiger partial charge in [0.25, 0.3) is 0 Å². The van der Waals surface area contributed by atoms with Crippen molar-refractivity contribution < 1.29 is 0 Å². The van der Waals surface area contributed by atoms with E-state index in [-0.39, 0.29) is 0 Å². The summed E-state index contributed by atoms with van der Waals surface area (Å²) in [5.41, 5.74) is 2.77. The van der Waals surface area contributed by atoms with Crippen LogP contribution in [0, 0.1) is 0 Å². The van der Waals surface area contributed by atoms with Gasteiger partial charge >= 0.3 is 0 Å². The Hall–Kier alpha value is -1.24. The van der Waals surface area contributed by atoms with Crippen molar-refractivity contribution in [2.75, 3.05) is 0 Å². The molecule has 1 aliphatic heterocycles. The summed E-state index contributed by atoms with van der Waals surface area (Å²) in [6.07, 6.45) is 0. The lowest BCUT2D eigenvalue weighted by atomic mass is 9.52. The van der Waals surface area contributed by atoms with Crippen molar-refractivity contribution in [3.8, 4) is 0 Å². The molecule has 2 aromatic carbocycles. The smallest absolute Gasteiger partial charge is 0.0743 e. The molecule has 2 aromatic rings. The lowest BCUT2D eigenvalue weighted by molar-refractivity contribution is 1.78. The summed E-state index contributed by atoms with van der Waals surface area (Å²) in [6.45, 7) is 0. The van der Waals surface area contributed by atoms with E-state index >= 15 is 0 Å². The van der Waals surface area contributed by atoms with Gasteiger partial charge in [0.05, 0.1) is 0 Å². The van der Waals surface area contributed by atoms with Crippen molar-refractivity contribution in [1.29, 1.82) is 0 Å². The fourth-order valence-corrected chi connectivity index (χ4v) is 1.73. The molecule has 0 spiro atoms. The third-order valence-corrected chi connectivity index (χ3v) is 2.28. The molecular formula is C10H6B. The SMILES string of the molecule is [B]1c2cccc3cccc1c23. The second-order valence-electron chi connectivity index (χ2n) is 2.94. The van der Waals surface area contributed by atoms with E-state index in [9.17, 15) is 0 Å². The molecule has 3 rings (SSSR count). The van der Waals surface area contributed by atoms with E-state index in [2.05, 4.69) is 43.7 Å². The molecule has 1 heterocycles. The lowest BCUT2D eigenvalue weighted by Crippen LogP contribution is -2.40. The Morgan fingerprint density at radius 2 is 1.45 bits per heavy atom. The first kappa shape index (κ1) is 5.42. The van der Waals surface area contributed by atoms with Crippen LogP contribution < -0.4 is 10.9 Å². The fourth-order valence-electron chi connectivity index (χ4n) is 1.73. The predicted octanol–water partition coefficient (Wildman–Crippen LogP) is 0.808. The highest BCUT2D eigenvalue weighted by Gasteiger charge is 2.15. The quantitative estimate of drug-likeness (QED) is 0.402. The molecule has 0 nitrogen and oxygen atoms in total. The Labute approximate surface area is 66.1 Å². The van der Waals surface area contributed by atoms with Crippen LogP contribution in [-0.4, -0.2) is 7.28 Å². The normalized spacial score (nSPS) is 12.4. The average molecular weight is 137 g/mol. The van der Waals surface area contributed by atoms with Gasteiger partial charge in [0.2, 0.25) is 0 Å². The second kappa shape index (κ2) is 1.67. The minimum Gasteiger partial charge on any atom is -0.0743 e. The highest BCUT2D eigenvalue weighted by Crippen LogP contribution is 2.12. The van der Waals surface area contributed by atoms with Crippen LogP contribution in [0.3, 0.4) is 0 Å². The maximum Gasteiger partial charge on any atom is 0.192 e. The average Bonchev–Trinajstić information content (AvgIpc) is 2.01. The van der Waals surface area contributed by atoms with Crippen LogP contribution in [0.15, 0.2) is 36.4 Å². The van der Waals surface area contributed by atoms with Gasteiger partial charge in [-0.05, 0) is 10.8 Å². The van der Waals surface area contributed by atoms with Gasteiger partial charge in [-0.3, -0.25) is 0 Å². The molecule has 0 atom stereocenters. The number of hydrogen-bond acceptors (Lipinski definition) is 0. The lowest BCUT2D eigenvalue weighted by Gasteiger charge is -2.18. The number of rotatable bonds is 0. The van der Waals surface area contributed by atoms with Crippen molar-refractivity contribution in [3.05, 3.63) is 36.4 Å². The molecule has 0 saturated heterocycles. The number of benzene rings is 2. The predicted molar refractivity (Wildman–Crippen MR) is 49.0 cm³/mol. The summed E-state index contributed by atoms with van der Waals surface area (Å²) in [5.74, 6) is 0. The minimum absolute atomic E-state index is 1.36. The van der Waals surface area contributed by atoms with Crippen LogP contribution in [0.2, 0.25) is 0 Å². The topological polar surface area (TPSA) is 0 Å². The van der Waals surface area contributed by atoms with Crippen LogP contribution in [0.4, 0.5) is 0 Å². The van der Waals surface area contributed by atoms with Gasteiger partial charge in [-0.1, -0.05) is 47.3 Å². The molecular weight excluding hydrogens is 131 g/mol. The summed E-state index contributed by atoms with van der Waals surface area (Å²) < 4.78 is 0. The van der Waals surface area contributed by atoms with E-state index in [1.54, 1.807) is 0 Å². The maximum absolute atomic E-state index is 2.22. The van der Waals surface area contributed by atoms with Crippen molar-refractivity contribution in [1.82, 2.24) is 0 Å². The molecule has 1 aliphatic rings. The van der Waals surface area contributed by atoms with Crippen molar-refractivity contribution >= 4 is 29.0 Å². The van der Waals surface area contributed by atoms with Crippen LogP contribution in [0.25, 0.3) is 10.8 Å². The van der Waals surface area contributed by atoms with Gasteiger partial charge in [-0.15, -0.1) is 0 Å². The minimum atomic E-state index is 1.36. The van der Waals surface area contributed by atoms with E-state index in [1.165, 1.54) is 21.7 Å². The number of hydrogen-bond donors (Lipinski definition) is 0. The first-order valence-corrected chi connectivity index (χ1v) is 3.82. The molecule has 0 fully saturated rings. The van der Waals surface area contributed by atoms with Gasteiger partial charge in [0.15, 0.2) is 7.28 Å². The summed E-state index contributed by atoms with van der Waals surface area (Å²) in [6, 6.07) is 12.9. The van der Waals surface area contributed by atoms with Crippen molar-refractivity contribution in [2.24, 2.45) is 0 Å². The molecule has 0 N–H and O–H groups in total. The van der Waals surface area contributed by atoms with E-state index < -0.39 is 0 Å². The molecule has 0 aliphatic carbocycles. The first-order chi connectivity index (χ1) is 5.45. The van der Waals surface area contributed by atoms with Crippen LogP contribution in [0.5, 0.6) is 0 Å². The maximum atomic E-state index is 2.22. The Bertz CT molecular complexity index is 395. The Balaban J connectivity index is 2.61. The van der Waals surface area contributed by atoms with Crippen LogP contribution in [-0.2, 0) is 0 Å². The summed E-state index contributed by atoms with van der Waals surface area (Å²) in [5, 5.41) is 2.80. The van der Waals surface area contributed by atoms with Crippen LogP contribution in [0.1, 0.15) is 0 Å². The monoisotopic (exact) mass is 137 g/mol.